The highest BCUT2D eigenvalue weighted by molar-refractivity contribution is 5.96. The van der Waals surface area contributed by atoms with Gasteiger partial charge in [-0.05, 0) is 31.9 Å². The number of nitrogens with one attached hydrogen (secondary N) is 2. The molecule has 3 N–H and O–H groups in total. The smallest absolute Gasteiger partial charge is 0.255 e. The number of carbonyl (C=O) groups excluding carboxylic acids is 2. The second kappa shape index (κ2) is 11.5. The Morgan fingerprint density at radius 2 is 1.71 bits per heavy atom. The zero-order chi connectivity index (χ0) is 22.1. The minimum atomic E-state index is -0.311. The normalized spacial score (nSPS) is 17.6. The molecule has 0 spiro atoms. The number of guanidine groups is 1. The Balaban J connectivity index is 1.43. The Bertz CT molecular complexity index is 770. The standard InChI is InChI=1S/C22H34N6O3/c1-2-23-22(25-10-9-24-21(31)18-7-3-4-8-19(18)29)28-15-13-26(14-16-28)17-20(30)27-11-5-6-12-27/h3-4,7-8,29H,2,5-6,9-17H2,1H3,(H,23,25)(H,24,31). The van der Waals surface area contributed by atoms with Gasteiger partial charge in [0.2, 0.25) is 5.91 Å². The molecule has 2 aliphatic heterocycles. The van der Waals surface area contributed by atoms with Crippen LogP contribution in [0.3, 0.4) is 0 Å². The molecule has 0 unspecified atom stereocenters. The summed E-state index contributed by atoms with van der Waals surface area (Å²) in [4.78, 5) is 35.6. The van der Waals surface area contributed by atoms with Crippen molar-refractivity contribution < 1.29 is 14.7 Å². The molecule has 31 heavy (non-hydrogen) atoms. The number of phenols is 1. The van der Waals surface area contributed by atoms with Crippen LogP contribution in [0, 0.1) is 0 Å². The lowest BCUT2D eigenvalue weighted by Crippen LogP contribution is -2.54. The predicted octanol–water partition coefficient (Wildman–Crippen LogP) is 0.328. The van der Waals surface area contributed by atoms with Gasteiger partial charge < -0.3 is 25.5 Å². The first kappa shape index (κ1) is 22.9. The lowest BCUT2D eigenvalue weighted by Gasteiger charge is -2.36. The molecule has 1 aromatic rings. The fraction of sp³-hybridized carbons (Fsp3) is 0.591. The molecular formula is C22H34N6O3. The summed E-state index contributed by atoms with van der Waals surface area (Å²) < 4.78 is 0. The summed E-state index contributed by atoms with van der Waals surface area (Å²) in [6.45, 7) is 9.18. The summed E-state index contributed by atoms with van der Waals surface area (Å²) in [5.74, 6) is 0.726. The van der Waals surface area contributed by atoms with Crippen molar-refractivity contribution in [2.24, 2.45) is 4.99 Å². The number of benzene rings is 1. The molecule has 170 valence electrons. The Kier molecular flexibility index (Phi) is 8.52. The van der Waals surface area contributed by atoms with Gasteiger partial charge in [-0.2, -0.15) is 0 Å². The molecule has 9 nitrogen and oxygen atoms in total. The summed E-state index contributed by atoms with van der Waals surface area (Å²) in [5, 5.41) is 15.9. The van der Waals surface area contributed by atoms with E-state index in [4.69, 9.17) is 0 Å². The van der Waals surface area contributed by atoms with Crippen LogP contribution in [0.1, 0.15) is 30.1 Å². The van der Waals surface area contributed by atoms with Gasteiger partial charge in [0.1, 0.15) is 5.75 Å². The highest BCUT2D eigenvalue weighted by Gasteiger charge is 2.24. The number of rotatable bonds is 7. The molecule has 0 atom stereocenters. The van der Waals surface area contributed by atoms with Crippen LogP contribution in [0.4, 0.5) is 0 Å². The maximum Gasteiger partial charge on any atom is 0.255 e. The van der Waals surface area contributed by atoms with Crippen molar-refractivity contribution in [3.8, 4) is 5.75 Å². The minimum Gasteiger partial charge on any atom is -0.507 e. The van der Waals surface area contributed by atoms with E-state index in [9.17, 15) is 14.7 Å². The SMILES string of the molecule is CCNC(=NCCNC(=O)c1ccccc1O)N1CCN(CC(=O)N2CCCC2)CC1. The third kappa shape index (κ3) is 6.58. The van der Waals surface area contributed by atoms with Crippen LogP contribution in [-0.4, -0.2) is 103 Å². The van der Waals surface area contributed by atoms with Gasteiger partial charge in [0.05, 0.1) is 18.7 Å². The molecule has 0 aromatic heterocycles. The first-order chi connectivity index (χ1) is 15.1. The maximum atomic E-state index is 12.4. The van der Waals surface area contributed by atoms with E-state index in [1.165, 1.54) is 6.07 Å². The number of carbonyl (C=O) groups is 2. The zero-order valence-electron chi connectivity index (χ0n) is 18.3. The van der Waals surface area contributed by atoms with Crippen molar-refractivity contribution in [3.05, 3.63) is 29.8 Å². The summed E-state index contributed by atoms with van der Waals surface area (Å²) in [5.41, 5.74) is 0.262. The van der Waals surface area contributed by atoms with Crippen LogP contribution in [0.2, 0.25) is 0 Å². The molecule has 2 aliphatic rings. The average Bonchev–Trinajstić information content (AvgIpc) is 3.32. The maximum absolute atomic E-state index is 12.4. The van der Waals surface area contributed by atoms with E-state index in [1.807, 2.05) is 11.8 Å². The Labute approximate surface area is 184 Å². The molecule has 0 bridgehead atoms. The summed E-state index contributed by atoms with van der Waals surface area (Å²) >= 11 is 0. The molecule has 2 heterocycles. The van der Waals surface area contributed by atoms with Crippen LogP contribution >= 0.6 is 0 Å². The Hall–Kier alpha value is -2.81. The number of likely N-dealkylation sites (tertiary alicyclic amines) is 1. The van der Waals surface area contributed by atoms with Gasteiger partial charge in [0, 0.05) is 52.4 Å². The zero-order valence-corrected chi connectivity index (χ0v) is 18.3. The van der Waals surface area contributed by atoms with E-state index in [2.05, 4.69) is 25.4 Å². The highest BCUT2D eigenvalue weighted by atomic mass is 16.3. The highest BCUT2D eigenvalue weighted by Crippen LogP contribution is 2.14. The second-order valence-corrected chi connectivity index (χ2v) is 7.86. The largest absolute Gasteiger partial charge is 0.507 e. The van der Waals surface area contributed by atoms with Gasteiger partial charge in [-0.15, -0.1) is 0 Å². The van der Waals surface area contributed by atoms with Crippen LogP contribution in [0.15, 0.2) is 29.3 Å². The molecule has 2 fully saturated rings. The van der Waals surface area contributed by atoms with E-state index in [0.29, 0.717) is 19.6 Å². The minimum absolute atomic E-state index is 0.0297. The molecule has 2 amide bonds. The van der Waals surface area contributed by atoms with Gasteiger partial charge in [0.25, 0.3) is 5.91 Å². The van der Waals surface area contributed by atoms with E-state index < -0.39 is 0 Å². The Morgan fingerprint density at radius 3 is 2.39 bits per heavy atom. The van der Waals surface area contributed by atoms with Gasteiger partial charge in [-0.25, -0.2) is 0 Å². The van der Waals surface area contributed by atoms with Crippen LogP contribution in [0.25, 0.3) is 0 Å². The number of piperazine rings is 1. The fourth-order valence-corrected chi connectivity index (χ4v) is 3.89. The molecule has 2 saturated heterocycles. The molecule has 1 aromatic carbocycles. The third-order valence-electron chi connectivity index (χ3n) is 5.63. The van der Waals surface area contributed by atoms with E-state index >= 15 is 0 Å². The van der Waals surface area contributed by atoms with Crippen LogP contribution in [0.5, 0.6) is 5.75 Å². The topological polar surface area (TPSA) is 101 Å². The second-order valence-electron chi connectivity index (χ2n) is 7.86. The fourth-order valence-electron chi connectivity index (χ4n) is 3.89. The Morgan fingerprint density at radius 1 is 1.00 bits per heavy atom. The number of hydrogen-bond acceptors (Lipinski definition) is 5. The van der Waals surface area contributed by atoms with Crippen molar-refractivity contribution in [1.29, 1.82) is 0 Å². The average molecular weight is 431 g/mol. The molecule has 9 heteroatoms. The number of nitrogens with zero attached hydrogens (tertiary/aromatic N) is 4. The number of hydrogen-bond donors (Lipinski definition) is 3. The number of aliphatic imine (C=N–C) groups is 1. The van der Waals surface area contributed by atoms with Crippen LogP contribution < -0.4 is 10.6 Å². The molecule has 0 saturated carbocycles. The summed E-state index contributed by atoms with van der Waals surface area (Å²) in [6.07, 6.45) is 2.24. The number of aromatic hydroxyl groups is 1. The first-order valence-electron chi connectivity index (χ1n) is 11.2. The van der Waals surface area contributed by atoms with Crippen molar-refractivity contribution in [1.82, 2.24) is 25.3 Å². The van der Waals surface area contributed by atoms with Gasteiger partial charge in [-0.1, -0.05) is 12.1 Å². The third-order valence-corrected chi connectivity index (χ3v) is 5.63. The molecule has 3 rings (SSSR count). The van der Waals surface area contributed by atoms with E-state index in [1.54, 1.807) is 18.2 Å². The van der Waals surface area contributed by atoms with E-state index in [0.717, 1.165) is 64.6 Å². The predicted molar refractivity (Wildman–Crippen MR) is 120 cm³/mol. The first-order valence-corrected chi connectivity index (χ1v) is 11.2. The van der Waals surface area contributed by atoms with Crippen molar-refractivity contribution in [2.45, 2.75) is 19.8 Å². The quantitative estimate of drug-likeness (QED) is 0.327. The van der Waals surface area contributed by atoms with Crippen molar-refractivity contribution in [3.63, 3.8) is 0 Å². The van der Waals surface area contributed by atoms with Crippen molar-refractivity contribution in [2.75, 3.05) is 65.4 Å². The lowest BCUT2D eigenvalue weighted by molar-refractivity contribution is -0.131. The summed E-state index contributed by atoms with van der Waals surface area (Å²) in [7, 11) is 0. The van der Waals surface area contributed by atoms with Gasteiger partial charge in [-0.3, -0.25) is 19.5 Å². The summed E-state index contributed by atoms with van der Waals surface area (Å²) in [6, 6.07) is 6.48. The van der Waals surface area contributed by atoms with Gasteiger partial charge in [0.15, 0.2) is 5.96 Å². The molecule has 0 aliphatic carbocycles. The monoisotopic (exact) mass is 430 g/mol. The molecule has 0 radical (unpaired) electrons. The lowest BCUT2D eigenvalue weighted by atomic mass is 10.2. The molecular weight excluding hydrogens is 396 g/mol. The van der Waals surface area contributed by atoms with E-state index in [-0.39, 0.29) is 23.1 Å². The number of amides is 2. The number of para-hydroxylation sites is 1. The number of phenolic OH excluding ortho intramolecular Hbond substituents is 1. The van der Waals surface area contributed by atoms with Crippen LogP contribution in [-0.2, 0) is 4.79 Å². The van der Waals surface area contributed by atoms with Gasteiger partial charge >= 0.3 is 0 Å². The van der Waals surface area contributed by atoms with Crippen molar-refractivity contribution >= 4 is 17.8 Å².